The number of aromatic nitrogens is 2. The smallest absolute Gasteiger partial charge is 0.0781 e. The molecule has 40 heavy (non-hydrogen) atoms. The first-order valence-corrected chi connectivity index (χ1v) is 13.8. The number of nitrogens with zero attached hydrogens (tertiary/aromatic N) is 2. The van der Waals surface area contributed by atoms with Gasteiger partial charge in [-0.05, 0) is 44.5 Å². The van der Waals surface area contributed by atoms with E-state index in [1.54, 1.807) is 0 Å². The number of imidazole rings is 1. The molecule has 0 fully saturated rings. The van der Waals surface area contributed by atoms with E-state index < -0.39 is 0 Å². The summed E-state index contributed by atoms with van der Waals surface area (Å²) in [5, 5.41) is 2.43. The van der Waals surface area contributed by atoms with Gasteiger partial charge < -0.3 is 4.57 Å². The maximum atomic E-state index is 5.29. The Bertz CT molecular complexity index is 1770. The maximum Gasteiger partial charge on any atom is 0.0781 e. The second-order valence-corrected chi connectivity index (χ2v) is 12.4. The number of rotatable bonds is 3. The van der Waals surface area contributed by atoms with E-state index in [0.29, 0.717) is 0 Å². The summed E-state index contributed by atoms with van der Waals surface area (Å²) in [7, 11) is 0. The van der Waals surface area contributed by atoms with Gasteiger partial charge in [0.1, 0.15) is 0 Å². The molecular weight excluding hydrogens is 665 g/mol. The molecule has 0 aliphatic heterocycles. The minimum Gasteiger partial charge on any atom is -0.332 e. The van der Waals surface area contributed by atoms with E-state index in [9.17, 15) is 0 Å². The number of para-hydroxylation sites is 1. The van der Waals surface area contributed by atoms with Crippen LogP contribution >= 0.6 is 0 Å². The average Bonchev–Trinajstić information content (AvgIpc) is 3.32. The summed E-state index contributed by atoms with van der Waals surface area (Å²) < 4.78 is 2.43. The molecule has 6 rings (SSSR count). The molecule has 6 aromatic rings. The van der Waals surface area contributed by atoms with Crippen LogP contribution in [0.1, 0.15) is 52.7 Å². The summed E-state index contributed by atoms with van der Waals surface area (Å²) in [4.78, 5) is 5.29. The van der Waals surface area contributed by atoms with E-state index in [1.165, 1.54) is 38.7 Å². The van der Waals surface area contributed by atoms with Crippen molar-refractivity contribution in [1.82, 2.24) is 9.55 Å². The third-order valence-corrected chi connectivity index (χ3v) is 7.58. The first-order chi connectivity index (χ1) is 18.6. The SMILES string of the molecule is CC(C)(C)c1cccc(C(C)(C)C)c1-n1c(-c2[c-]cccc2)nc2ccc3c(-c4ccccc4)cccc3c21.[Ir]. The molecule has 0 saturated carbocycles. The van der Waals surface area contributed by atoms with Crippen LogP contribution in [-0.4, -0.2) is 9.55 Å². The van der Waals surface area contributed by atoms with Gasteiger partial charge >= 0.3 is 0 Å². The van der Waals surface area contributed by atoms with Gasteiger partial charge in [-0.2, -0.15) is 0 Å². The Morgan fingerprint density at radius 3 is 1.90 bits per heavy atom. The summed E-state index contributed by atoms with van der Waals surface area (Å²) in [6, 6.07) is 40.2. The largest absolute Gasteiger partial charge is 0.332 e. The zero-order valence-corrected chi connectivity index (χ0v) is 26.4. The summed E-state index contributed by atoms with van der Waals surface area (Å²) in [6.45, 7) is 13.8. The molecule has 0 aliphatic carbocycles. The zero-order valence-electron chi connectivity index (χ0n) is 24.0. The maximum absolute atomic E-state index is 5.29. The van der Waals surface area contributed by atoms with Gasteiger partial charge in [0.05, 0.1) is 16.9 Å². The van der Waals surface area contributed by atoms with E-state index in [4.69, 9.17) is 4.98 Å². The molecule has 0 bridgehead atoms. The van der Waals surface area contributed by atoms with Crippen LogP contribution in [0.25, 0.3) is 50.0 Å². The fourth-order valence-electron chi connectivity index (χ4n) is 5.72. The van der Waals surface area contributed by atoms with Crippen molar-refractivity contribution in [3.05, 3.63) is 120 Å². The molecule has 0 amide bonds. The minimum atomic E-state index is -0.0648. The van der Waals surface area contributed by atoms with Crippen molar-refractivity contribution in [1.29, 1.82) is 0 Å². The van der Waals surface area contributed by atoms with Crippen LogP contribution in [0.5, 0.6) is 0 Å². The second kappa shape index (κ2) is 10.5. The quantitative estimate of drug-likeness (QED) is 0.168. The Morgan fingerprint density at radius 2 is 1.27 bits per heavy atom. The van der Waals surface area contributed by atoms with E-state index in [0.717, 1.165) is 22.4 Å². The van der Waals surface area contributed by atoms with Gasteiger partial charge in [-0.15, -0.1) is 35.9 Å². The van der Waals surface area contributed by atoms with Gasteiger partial charge in [0.2, 0.25) is 0 Å². The molecule has 0 unspecified atom stereocenters. The van der Waals surface area contributed by atoms with Crippen molar-refractivity contribution in [2.24, 2.45) is 0 Å². The Labute approximate surface area is 251 Å². The Hall–Kier alpha value is -3.52. The number of hydrogen-bond acceptors (Lipinski definition) is 1. The van der Waals surface area contributed by atoms with Crippen molar-refractivity contribution < 1.29 is 20.1 Å². The monoisotopic (exact) mass is 700 g/mol. The summed E-state index contributed by atoms with van der Waals surface area (Å²) >= 11 is 0. The topological polar surface area (TPSA) is 17.8 Å². The van der Waals surface area contributed by atoms with Gasteiger partial charge in [0, 0.05) is 31.2 Å². The van der Waals surface area contributed by atoms with Crippen LogP contribution < -0.4 is 0 Å². The van der Waals surface area contributed by atoms with Crippen molar-refractivity contribution >= 4 is 21.8 Å². The van der Waals surface area contributed by atoms with Crippen LogP contribution in [0.3, 0.4) is 0 Å². The third kappa shape index (κ3) is 4.83. The van der Waals surface area contributed by atoms with Gasteiger partial charge in [0.25, 0.3) is 0 Å². The minimum absolute atomic E-state index is 0. The number of hydrogen-bond donors (Lipinski definition) is 0. The van der Waals surface area contributed by atoms with Crippen LogP contribution in [0.4, 0.5) is 0 Å². The van der Waals surface area contributed by atoms with Crippen LogP contribution in [0.15, 0.2) is 103 Å². The molecule has 0 spiro atoms. The molecular formula is C37H35IrN2-. The summed E-state index contributed by atoms with van der Waals surface area (Å²) in [6.07, 6.45) is 0. The molecule has 3 heteroatoms. The van der Waals surface area contributed by atoms with E-state index in [1.807, 2.05) is 12.1 Å². The first-order valence-electron chi connectivity index (χ1n) is 13.8. The normalized spacial score (nSPS) is 12.1. The van der Waals surface area contributed by atoms with E-state index in [-0.39, 0.29) is 30.9 Å². The molecule has 203 valence electrons. The molecule has 0 N–H and O–H groups in total. The predicted octanol–water partition coefficient (Wildman–Crippen LogP) is 9.91. The van der Waals surface area contributed by atoms with E-state index in [2.05, 4.69) is 143 Å². The standard InChI is InChI=1S/C37H35N2.Ir/c1-36(2,3)30-21-14-22-31(37(4,5)6)34(30)39-33-29-20-13-19-27(25-15-9-7-10-16-25)28(29)23-24-32(33)38-35(39)26-17-11-8-12-18-26;/h7-17,19-24H,1-6H3;/q-1;. The van der Waals surface area contributed by atoms with Crippen LogP contribution in [0, 0.1) is 6.07 Å². The Morgan fingerprint density at radius 1 is 0.625 bits per heavy atom. The summed E-state index contributed by atoms with van der Waals surface area (Å²) in [5.41, 5.74) is 9.28. The molecule has 0 aliphatic rings. The van der Waals surface area contributed by atoms with E-state index >= 15 is 0 Å². The molecule has 0 atom stereocenters. The molecule has 1 heterocycles. The molecule has 0 saturated heterocycles. The van der Waals surface area contributed by atoms with Gasteiger partial charge in [-0.1, -0.05) is 114 Å². The molecule has 1 radical (unpaired) electrons. The van der Waals surface area contributed by atoms with Crippen molar-refractivity contribution in [2.75, 3.05) is 0 Å². The zero-order chi connectivity index (χ0) is 27.4. The van der Waals surface area contributed by atoms with Gasteiger partial charge in [-0.25, -0.2) is 0 Å². The van der Waals surface area contributed by atoms with Gasteiger partial charge in [0.15, 0.2) is 0 Å². The van der Waals surface area contributed by atoms with Crippen LogP contribution in [-0.2, 0) is 30.9 Å². The predicted molar refractivity (Wildman–Crippen MR) is 166 cm³/mol. The molecule has 5 aromatic carbocycles. The fourth-order valence-corrected chi connectivity index (χ4v) is 5.72. The Balaban J connectivity index is 0.00000323. The second-order valence-electron chi connectivity index (χ2n) is 12.4. The van der Waals surface area contributed by atoms with Crippen molar-refractivity contribution in [3.63, 3.8) is 0 Å². The number of benzene rings is 5. The fraction of sp³-hybridized carbons (Fsp3) is 0.216. The average molecular weight is 700 g/mol. The molecule has 2 nitrogen and oxygen atoms in total. The van der Waals surface area contributed by atoms with Crippen molar-refractivity contribution in [2.45, 2.75) is 52.4 Å². The van der Waals surface area contributed by atoms with Gasteiger partial charge in [-0.3, -0.25) is 4.98 Å². The van der Waals surface area contributed by atoms with Crippen LogP contribution in [0.2, 0.25) is 0 Å². The first kappa shape index (κ1) is 28.0. The third-order valence-electron chi connectivity index (χ3n) is 7.58. The van der Waals surface area contributed by atoms with Crippen molar-refractivity contribution in [3.8, 4) is 28.2 Å². The molecule has 1 aromatic heterocycles. The summed E-state index contributed by atoms with van der Waals surface area (Å²) in [5.74, 6) is 0.922. The Kier molecular flexibility index (Phi) is 7.33. The number of fused-ring (bicyclic) bond motifs is 3.